The van der Waals surface area contributed by atoms with Gasteiger partial charge in [0.1, 0.15) is 0 Å². The van der Waals surface area contributed by atoms with E-state index >= 15 is 0 Å². The van der Waals surface area contributed by atoms with Crippen molar-refractivity contribution in [3.8, 4) is 0 Å². The van der Waals surface area contributed by atoms with Crippen LogP contribution >= 0.6 is 0 Å². The zero-order valence-corrected chi connectivity index (χ0v) is 13.4. The lowest BCUT2D eigenvalue weighted by atomic mass is 9.90. The highest BCUT2D eigenvalue weighted by atomic mass is 32.3. The standard InChI is InChI=1S/C10H18O6S.C2H7N/c1-5-9(11)15-7-6-8(2)10(3,4)16-17(12,13)14;1-2-3/h5,8H,1,6-7H2,2-4H3,(H,12,13,14);2-3H2,1H3. The average Bonchev–Trinajstić information content (AvgIpc) is 2.26. The fourth-order valence-corrected chi connectivity index (χ4v) is 1.78. The van der Waals surface area contributed by atoms with Gasteiger partial charge in [-0.1, -0.05) is 13.5 Å². The van der Waals surface area contributed by atoms with Gasteiger partial charge in [-0.15, -0.1) is 0 Å². The molecule has 0 aliphatic carbocycles. The minimum Gasteiger partial charge on any atom is -0.726 e. The van der Waals surface area contributed by atoms with E-state index in [-0.39, 0.29) is 12.5 Å². The van der Waals surface area contributed by atoms with E-state index in [1.54, 1.807) is 6.92 Å². The Morgan fingerprint density at radius 3 is 2.30 bits per heavy atom. The van der Waals surface area contributed by atoms with Crippen LogP contribution in [0, 0.1) is 5.92 Å². The first-order chi connectivity index (χ1) is 9.00. The largest absolute Gasteiger partial charge is 0.726 e. The van der Waals surface area contributed by atoms with Crippen molar-refractivity contribution < 1.29 is 32.4 Å². The van der Waals surface area contributed by atoms with E-state index < -0.39 is 22.0 Å². The van der Waals surface area contributed by atoms with Gasteiger partial charge in [0, 0.05) is 6.08 Å². The SMILES string of the molecule is C=CC(=O)OCCC(C)C(C)(C)OS(=O)(=O)[O-].CC[NH3+]. The van der Waals surface area contributed by atoms with Crippen LogP contribution in [0.25, 0.3) is 0 Å². The number of hydrogen-bond acceptors (Lipinski definition) is 6. The van der Waals surface area contributed by atoms with Crippen LogP contribution in [0.1, 0.15) is 34.1 Å². The maximum absolute atomic E-state index is 10.8. The monoisotopic (exact) mass is 311 g/mol. The van der Waals surface area contributed by atoms with Gasteiger partial charge in [0.25, 0.3) is 0 Å². The van der Waals surface area contributed by atoms with Crippen molar-refractivity contribution in [2.24, 2.45) is 5.92 Å². The molecule has 0 radical (unpaired) electrons. The summed E-state index contributed by atoms with van der Waals surface area (Å²) < 4.78 is 40.7. The molecule has 20 heavy (non-hydrogen) atoms. The summed E-state index contributed by atoms with van der Waals surface area (Å²) in [7, 11) is -4.75. The molecule has 0 saturated heterocycles. The average molecular weight is 311 g/mol. The van der Waals surface area contributed by atoms with Crippen LogP contribution in [0.2, 0.25) is 0 Å². The van der Waals surface area contributed by atoms with Crippen LogP contribution in [0.3, 0.4) is 0 Å². The number of carbonyl (C=O) groups excluding carboxylic acids is 1. The number of carbonyl (C=O) groups is 1. The van der Waals surface area contributed by atoms with Crippen LogP contribution in [0.15, 0.2) is 12.7 Å². The van der Waals surface area contributed by atoms with Crippen LogP contribution < -0.4 is 5.73 Å². The predicted molar refractivity (Wildman–Crippen MR) is 73.2 cm³/mol. The van der Waals surface area contributed by atoms with Gasteiger partial charge in [-0.3, -0.25) is 4.18 Å². The normalized spacial score (nSPS) is 12.9. The van der Waals surface area contributed by atoms with Crippen LogP contribution in [0.4, 0.5) is 0 Å². The zero-order chi connectivity index (χ0) is 16.4. The second-order valence-electron chi connectivity index (χ2n) is 4.66. The summed E-state index contributed by atoms with van der Waals surface area (Å²) in [6.07, 6.45) is 1.41. The van der Waals surface area contributed by atoms with E-state index in [1.807, 2.05) is 6.92 Å². The summed E-state index contributed by atoms with van der Waals surface area (Å²) in [4.78, 5) is 10.8. The Morgan fingerprint density at radius 2 is 1.95 bits per heavy atom. The van der Waals surface area contributed by atoms with Gasteiger partial charge in [0.15, 0.2) is 0 Å². The molecule has 1 atom stereocenters. The van der Waals surface area contributed by atoms with Crippen molar-refractivity contribution in [1.29, 1.82) is 0 Å². The third-order valence-corrected chi connectivity index (χ3v) is 3.10. The van der Waals surface area contributed by atoms with Gasteiger partial charge >= 0.3 is 5.97 Å². The number of esters is 1. The first-order valence-electron chi connectivity index (χ1n) is 6.25. The van der Waals surface area contributed by atoms with E-state index in [0.29, 0.717) is 6.42 Å². The molecule has 0 rings (SSSR count). The molecule has 120 valence electrons. The Morgan fingerprint density at radius 1 is 1.50 bits per heavy atom. The third kappa shape index (κ3) is 12.1. The van der Waals surface area contributed by atoms with E-state index in [0.717, 1.165) is 12.6 Å². The van der Waals surface area contributed by atoms with Crippen molar-refractivity contribution in [3.05, 3.63) is 12.7 Å². The second-order valence-corrected chi connectivity index (χ2v) is 5.64. The molecular formula is C12H25NO6S. The molecule has 0 heterocycles. The molecule has 8 heteroatoms. The molecule has 0 fully saturated rings. The topological polar surface area (TPSA) is 120 Å². The number of hydrogen-bond donors (Lipinski definition) is 1. The van der Waals surface area contributed by atoms with E-state index in [9.17, 15) is 17.8 Å². The van der Waals surface area contributed by atoms with Crippen LogP contribution in [-0.2, 0) is 24.1 Å². The molecule has 3 N–H and O–H groups in total. The molecule has 0 bridgehead atoms. The number of quaternary nitrogens is 1. The van der Waals surface area contributed by atoms with Gasteiger partial charge in [0.2, 0.25) is 10.4 Å². The molecule has 0 aromatic heterocycles. The Labute approximate surface area is 121 Å². The van der Waals surface area contributed by atoms with Crippen molar-refractivity contribution in [3.63, 3.8) is 0 Å². The fourth-order valence-electron chi connectivity index (χ4n) is 1.09. The molecule has 0 aromatic carbocycles. The van der Waals surface area contributed by atoms with Gasteiger partial charge in [-0.2, -0.15) is 0 Å². The summed E-state index contributed by atoms with van der Waals surface area (Å²) in [5, 5.41) is 0. The van der Waals surface area contributed by atoms with Crippen LogP contribution in [0.5, 0.6) is 0 Å². The Balaban J connectivity index is 0. The Hall–Kier alpha value is -0.960. The highest BCUT2D eigenvalue weighted by molar-refractivity contribution is 7.80. The molecule has 0 aliphatic rings. The van der Waals surface area contributed by atoms with Gasteiger partial charge < -0.3 is 15.0 Å². The van der Waals surface area contributed by atoms with Crippen molar-refractivity contribution in [2.45, 2.75) is 39.7 Å². The first-order valence-corrected chi connectivity index (χ1v) is 7.58. The molecule has 0 aromatic rings. The van der Waals surface area contributed by atoms with Gasteiger partial charge in [-0.05, 0) is 33.1 Å². The molecule has 0 spiro atoms. The summed E-state index contributed by atoms with van der Waals surface area (Å²) in [6.45, 7) is 11.0. The molecule has 1 unspecified atom stereocenters. The lowest BCUT2D eigenvalue weighted by Gasteiger charge is -2.32. The highest BCUT2D eigenvalue weighted by Crippen LogP contribution is 2.25. The second kappa shape index (κ2) is 9.87. The van der Waals surface area contributed by atoms with Crippen molar-refractivity contribution in [1.82, 2.24) is 0 Å². The molecule has 0 saturated carbocycles. The smallest absolute Gasteiger partial charge is 0.330 e. The minimum absolute atomic E-state index is 0.109. The molecular weight excluding hydrogens is 286 g/mol. The van der Waals surface area contributed by atoms with E-state index in [1.165, 1.54) is 13.8 Å². The molecule has 7 nitrogen and oxygen atoms in total. The Kier molecular flexibility index (Phi) is 10.5. The molecule has 0 aliphatic heterocycles. The summed E-state index contributed by atoms with van der Waals surface area (Å²) in [6, 6.07) is 0. The van der Waals surface area contributed by atoms with Gasteiger partial charge in [-0.25, -0.2) is 13.2 Å². The van der Waals surface area contributed by atoms with E-state index in [2.05, 4.69) is 16.5 Å². The van der Waals surface area contributed by atoms with Crippen molar-refractivity contribution >= 4 is 16.4 Å². The number of ether oxygens (including phenoxy) is 1. The fraction of sp³-hybridized carbons (Fsp3) is 0.750. The van der Waals surface area contributed by atoms with Crippen molar-refractivity contribution in [2.75, 3.05) is 13.2 Å². The zero-order valence-electron chi connectivity index (χ0n) is 12.5. The van der Waals surface area contributed by atoms with E-state index in [4.69, 9.17) is 4.74 Å². The Bertz CT molecular complexity index is 391. The highest BCUT2D eigenvalue weighted by Gasteiger charge is 2.29. The number of rotatable bonds is 7. The summed E-state index contributed by atoms with van der Waals surface area (Å²) >= 11 is 0. The lowest BCUT2D eigenvalue weighted by Crippen LogP contribution is -2.48. The quantitative estimate of drug-likeness (QED) is 0.311. The van der Waals surface area contributed by atoms with Gasteiger partial charge in [0.05, 0.1) is 18.8 Å². The lowest BCUT2D eigenvalue weighted by molar-refractivity contribution is -0.361. The maximum Gasteiger partial charge on any atom is 0.330 e. The maximum atomic E-state index is 10.8. The first kappa shape index (κ1) is 21.3. The van der Waals surface area contributed by atoms with Crippen LogP contribution in [-0.4, -0.2) is 37.7 Å². The third-order valence-electron chi connectivity index (χ3n) is 2.47. The minimum atomic E-state index is -4.75. The molecule has 0 amide bonds. The summed E-state index contributed by atoms with van der Waals surface area (Å²) in [5.74, 6) is -0.823. The summed E-state index contributed by atoms with van der Waals surface area (Å²) in [5.41, 5.74) is 2.35. The predicted octanol–water partition coefficient (Wildman–Crippen LogP) is 0.245.